The van der Waals surface area contributed by atoms with E-state index >= 15 is 0 Å². The van der Waals surface area contributed by atoms with E-state index < -0.39 is 0 Å². The van der Waals surface area contributed by atoms with Crippen LogP contribution in [0.15, 0.2) is 47.4 Å². The largest absolute Gasteiger partial charge is 0.377 e. The van der Waals surface area contributed by atoms with Gasteiger partial charge in [0.2, 0.25) is 0 Å². The Kier molecular flexibility index (Phi) is 6.72. The van der Waals surface area contributed by atoms with Crippen molar-refractivity contribution >= 4 is 23.5 Å². The molecule has 154 valence electrons. The first-order valence-electron chi connectivity index (χ1n) is 10.5. The maximum atomic E-state index is 12.9. The van der Waals surface area contributed by atoms with E-state index in [1.165, 1.54) is 0 Å². The number of hydrogen-bond acceptors (Lipinski definition) is 5. The molecule has 2 aliphatic rings. The van der Waals surface area contributed by atoms with Crippen molar-refractivity contribution in [2.24, 2.45) is 0 Å². The lowest BCUT2D eigenvalue weighted by molar-refractivity contribution is 0.0928. The molecular formula is C23H29N3O2S. The Bertz CT molecular complexity index is 830. The summed E-state index contributed by atoms with van der Waals surface area (Å²) in [7, 11) is 0. The van der Waals surface area contributed by atoms with Crippen molar-refractivity contribution in [3.63, 3.8) is 0 Å². The number of thioether (sulfide) groups is 1. The molecule has 1 atom stereocenters. The molecule has 0 saturated carbocycles. The van der Waals surface area contributed by atoms with Crippen LogP contribution in [0.1, 0.15) is 41.7 Å². The molecule has 4 rings (SSSR count). The summed E-state index contributed by atoms with van der Waals surface area (Å²) in [5.74, 6) is 1.98. The number of hydrogen-bond donors (Lipinski definition) is 1. The molecule has 1 aromatic heterocycles. The van der Waals surface area contributed by atoms with E-state index in [4.69, 9.17) is 4.74 Å². The molecule has 5 nitrogen and oxygen atoms in total. The van der Waals surface area contributed by atoms with Crippen LogP contribution in [0.5, 0.6) is 0 Å². The monoisotopic (exact) mass is 411 g/mol. The number of nitrogens with one attached hydrogen (secondary N) is 1. The number of aromatic nitrogens is 1. The summed E-state index contributed by atoms with van der Waals surface area (Å²) in [4.78, 5) is 20.9. The number of carbonyl (C=O) groups is 1. The van der Waals surface area contributed by atoms with Gasteiger partial charge >= 0.3 is 0 Å². The summed E-state index contributed by atoms with van der Waals surface area (Å²) < 4.78 is 5.72. The number of benzene rings is 1. The van der Waals surface area contributed by atoms with Gasteiger partial charge in [0, 0.05) is 42.1 Å². The minimum Gasteiger partial charge on any atom is -0.377 e. The number of aryl methyl sites for hydroxylation is 1. The average Bonchev–Trinajstić information content (AvgIpc) is 3.27. The average molecular weight is 412 g/mol. The minimum absolute atomic E-state index is 0.0348. The molecule has 0 bridgehead atoms. The molecule has 0 radical (unpaired) electrons. The normalized spacial score (nSPS) is 20.0. The van der Waals surface area contributed by atoms with Gasteiger partial charge < -0.3 is 15.0 Å². The standard InChI is InChI=1S/C23H29N3O2S/c1-17-6-4-10-22(24-17)26-13-11-18(12-14-26)25-23(27)20-8-2-3-9-21(20)29-16-19-7-5-15-28-19/h2-4,6,8-10,18-19H,5,7,11-16H2,1H3,(H,25,27). The molecular weight excluding hydrogens is 382 g/mol. The molecule has 6 heteroatoms. The zero-order valence-electron chi connectivity index (χ0n) is 17.0. The van der Waals surface area contributed by atoms with Gasteiger partial charge in [-0.15, -0.1) is 11.8 Å². The van der Waals surface area contributed by atoms with Crippen LogP contribution in [-0.2, 0) is 4.74 Å². The first-order chi connectivity index (χ1) is 14.2. The highest BCUT2D eigenvalue weighted by Gasteiger charge is 2.23. The molecule has 1 N–H and O–H groups in total. The summed E-state index contributed by atoms with van der Waals surface area (Å²) in [5, 5.41) is 3.26. The second-order valence-electron chi connectivity index (χ2n) is 7.81. The van der Waals surface area contributed by atoms with Gasteiger partial charge in [-0.25, -0.2) is 4.98 Å². The van der Waals surface area contributed by atoms with Crippen LogP contribution in [0.2, 0.25) is 0 Å². The Morgan fingerprint density at radius 2 is 2.00 bits per heavy atom. The number of piperidine rings is 1. The highest BCUT2D eigenvalue weighted by atomic mass is 32.2. The lowest BCUT2D eigenvalue weighted by atomic mass is 10.0. The lowest BCUT2D eigenvalue weighted by Gasteiger charge is -2.33. The highest BCUT2D eigenvalue weighted by molar-refractivity contribution is 7.99. The van der Waals surface area contributed by atoms with Crippen LogP contribution in [0.3, 0.4) is 0 Å². The Morgan fingerprint density at radius 3 is 2.76 bits per heavy atom. The van der Waals surface area contributed by atoms with E-state index in [0.717, 1.165) is 73.1 Å². The quantitative estimate of drug-likeness (QED) is 0.727. The molecule has 29 heavy (non-hydrogen) atoms. The molecule has 0 spiro atoms. The SMILES string of the molecule is Cc1cccc(N2CCC(NC(=O)c3ccccc3SCC3CCCO3)CC2)n1. The summed E-state index contributed by atoms with van der Waals surface area (Å²) in [6, 6.07) is 14.3. The third kappa shape index (κ3) is 5.31. The summed E-state index contributed by atoms with van der Waals surface area (Å²) in [5.41, 5.74) is 1.81. The van der Waals surface area contributed by atoms with Crippen molar-refractivity contribution in [1.29, 1.82) is 0 Å². The molecule has 2 aliphatic heterocycles. The topological polar surface area (TPSA) is 54.5 Å². The predicted molar refractivity (Wildman–Crippen MR) is 118 cm³/mol. The van der Waals surface area contributed by atoms with Gasteiger partial charge in [0.25, 0.3) is 5.91 Å². The Labute approximate surface area is 177 Å². The number of carbonyl (C=O) groups excluding carboxylic acids is 1. The van der Waals surface area contributed by atoms with Crippen LogP contribution >= 0.6 is 11.8 Å². The van der Waals surface area contributed by atoms with Gasteiger partial charge in [-0.1, -0.05) is 18.2 Å². The Morgan fingerprint density at radius 1 is 1.17 bits per heavy atom. The third-order valence-corrected chi connectivity index (χ3v) is 6.81. The molecule has 1 aromatic carbocycles. The van der Waals surface area contributed by atoms with Gasteiger partial charge in [-0.2, -0.15) is 0 Å². The van der Waals surface area contributed by atoms with Crippen molar-refractivity contribution in [2.75, 3.05) is 30.3 Å². The van der Waals surface area contributed by atoms with Crippen molar-refractivity contribution in [3.05, 3.63) is 53.7 Å². The van der Waals surface area contributed by atoms with Crippen LogP contribution < -0.4 is 10.2 Å². The second-order valence-corrected chi connectivity index (χ2v) is 8.88. The van der Waals surface area contributed by atoms with E-state index in [0.29, 0.717) is 6.10 Å². The lowest BCUT2D eigenvalue weighted by Crippen LogP contribution is -2.45. The number of anilines is 1. The van der Waals surface area contributed by atoms with Gasteiger partial charge in [-0.05, 0) is 56.9 Å². The maximum Gasteiger partial charge on any atom is 0.252 e. The van der Waals surface area contributed by atoms with Crippen molar-refractivity contribution in [3.8, 4) is 0 Å². The summed E-state index contributed by atoms with van der Waals surface area (Å²) in [6.45, 7) is 4.71. The van der Waals surface area contributed by atoms with E-state index in [2.05, 4.69) is 27.3 Å². The van der Waals surface area contributed by atoms with E-state index in [1.807, 2.05) is 37.3 Å². The van der Waals surface area contributed by atoms with Crippen LogP contribution in [-0.4, -0.2) is 48.5 Å². The first-order valence-corrected chi connectivity index (χ1v) is 11.5. The van der Waals surface area contributed by atoms with Crippen molar-refractivity contribution in [2.45, 2.75) is 49.6 Å². The summed E-state index contributed by atoms with van der Waals surface area (Å²) >= 11 is 1.73. The van der Waals surface area contributed by atoms with Gasteiger partial charge in [0.15, 0.2) is 0 Å². The Hall–Kier alpha value is -2.05. The fourth-order valence-corrected chi connectivity index (χ4v) is 5.08. The highest BCUT2D eigenvalue weighted by Crippen LogP contribution is 2.27. The number of ether oxygens (including phenoxy) is 1. The zero-order chi connectivity index (χ0) is 20.1. The van der Waals surface area contributed by atoms with Crippen molar-refractivity contribution < 1.29 is 9.53 Å². The van der Waals surface area contributed by atoms with Crippen LogP contribution in [0.4, 0.5) is 5.82 Å². The fourth-order valence-electron chi connectivity index (χ4n) is 3.96. The molecule has 0 aliphatic carbocycles. The van der Waals surface area contributed by atoms with E-state index in [-0.39, 0.29) is 11.9 Å². The zero-order valence-corrected chi connectivity index (χ0v) is 17.8. The van der Waals surface area contributed by atoms with Crippen LogP contribution in [0.25, 0.3) is 0 Å². The summed E-state index contributed by atoms with van der Waals surface area (Å²) in [6.07, 6.45) is 4.45. The number of nitrogens with zero attached hydrogens (tertiary/aromatic N) is 2. The number of amides is 1. The molecule has 1 amide bonds. The van der Waals surface area contributed by atoms with Crippen LogP contribution in [0, 0.1) is 6.92 Å². The van der Waals surface area contributed by atoms with Gasteiger partial charge in [0.1, 0.15) is 5.82 Å². The predicted octanol–water partition coefficient (Wildman–Crippen LogP) is 4.06. The third-order valence-electron chi connectivity index (χ3n) is 5.61. The fraction of sp³-hybridized carbons (Fsp3) is 0.478. The van der Waals surface area contributed by atoms with Crippen molar-refractivity contribution in [1.82, 2.24) is 10.3 Å². The molecule has 2 aromatic rings. The smallest absolute Gasteiger partial charge is 0.252 e. The molecule has 2 saturated heterocycles. The Balaban J connectivity index is 1.32. The minimum atomic E-state index is 0.0348. The second kappa shape index (κ2) is 9.63. The molecule has 2 fully saturated rings. The first kappa shape index (κ1) is 20.2. The van der Waals surface area contributed by atoms with Gasteiger partial charge in [-0.3, -0.25) is 4.79 Å². The van der Waals surface area contributed by atoms with E-state index in [9.17, 15) is 4.79 Å². The maximum absolute atomic E-state index is 12.9. The number of rotatable bonds is 6. The molecule has 3 heterocycles. The van der Waals surface area contributed by atoms with E-state index in [1.54, 1.807) is 11.8 Å². The van der Waals surface area contributed by atoms with Gasteiger partial charge in [0.05, 0.1) is 11.7 Å². The number of pyridine rings is 1. The molecule has 1 unspecified atom stereocenters.